The minimum Gasteiger partial charge on any atom is -0.465 e. The predicted molar refractivity (Wildman–Crippen MR) is 102 cm³/mol. The van der Waals surface area contributed by atoms with E-state index >= 15 is 0 Å². The summed E-state index contributed by atoms with van der Waals surface area (Å²) in [7, 11) is 0. The van der Waals surface area contributed by atoms with Gasteiger partial charge in [-0.1, -0.05) is 48.0 Å². The van der Waals surface area contributed by atoms with Crippen LogP contribution >= 0.6 is 11.6 Å². The van der Waals surface area contributed by atoms with Crippen LogP contribution in [0.2, 0.25) is 5.02 Å². The van der Waals surface area contributed by atoms with Crippen molar-refractivity contribution in [3.8, 4) is 0 Å². The summed E-state index contributed by atoms with van der Waals surface area (Å²) < 4.78 is 83.2. The molecule has 1 amide bonds. The number of carbonyl (C=O) groups is 1. The Kier molecular flexibility index (Phi) is 6.43. The minimum absolute atomic E-state index is 0.0989. The number of hydrogen-bond donors (Lipinski definition) is 2. The molecule has 0 saturated heterocycles. The number of fused-ring (bicyclic) bond motifs is 1. The third kappa shape index (κ3) is 5.07. The lowest BCUT2D eigenvalue weighted by molar-refractivity contribution is -0.201. The summed E-state index contributed by atoms with van der Waals surface area (Å²) in [4.78, 5) is 12.3. The third-order valence-electron chi connectivity index (χ3n) is 5.16. The molecular formula is C20H17ClF6N2O2. The summed E-state index contributed by atoms with van der Waals surface area (Å²) in [5.74, 6) is -5.14. The van der Waals surface area contributed by atoms with Gasteiger partial charge in [-0.25, -0.2) is 4.79 Å². The molecule has 4 nitrogen and oxygen atoms in total. The van der Waals surface area contributed by atoms with E-state index in [9.17, 15) is 36.2 Å². The number of nitrogens with zero attached hydrogens (tertiary/aromatic N) is 1. The van der Waals surface area contributed by atoms with Crippen molar-refractivity contribution in [3.63, 3.8) is 0 Å². The second-order valence-corrected chi connectivity index (χ2v) is 7.58. The van der Waals surface area contributed by atoms with E-state index in [0.29, 0.717) is 10.5 Å². The van der Waals surface area contributed by atoms with Crippen LogP contribution in [0.4, 0.5) is 36.8 Å². The Balaban J connectivity index is 2.16. The van der Waals surface area contributed by atoms with Gasteiger partial charge in [0.25, 0.3) is 0 Å². The van der Waals surface area contributed by atoms with Crippen LogP contribution in [0, 0.1) is 5.92 Å². The average molecular weight is 467 g/mol. The van der Waals surface area contributed by atoms with Gasteiger partial charge in [-0.15, -0.1) is 0 Å². The van der Waals surface area contributed by atoms with Crippen molar-refractivity contribution in [1.82, 2.24) is 5.32 Å². The van der Waals surface area contributed by atoms with Crippen molar-refractivity contribution in [2.75, 3.05) is 4.90 Å². The third-order valence-corrected chi connectivity index (χ3v) is 5.39. The SMILES string of the molecule is O=C(O)N1c2cc(Cl)ccc2C(C(F)(F)F)CC(C(F)(F)F)C1NCc1ccccc1. The summed E-state index contributed by atoms with van der Waals surface area (Å²) in [6.07, 6.45) is -15.3. The average Bonchev–Trinajstić information content (AvgIpc) is 2.80. The summed E-state index contributed by atoms with van der Waals surface area (Å²) in [6, 6.07) is 11.1. The van der Waals surface area contributed by atoms with E-state index in [-0.39, 0.29) is 11.6 Å². The van der Waals surface area contributed by atoms with Crippen molar-refractivity contribution < 1.29 is 36.2 Å². The Labute approximate surface area is 178 Å². The molecule has 0 aliphatic carbocycles. The fourth-order valence-electron chi connectivity index (χ4n) is 3.76. The molecule has 1 aliphatic heterocycles. The highest BCUT2D eigenvalue weighted by molar-refractivity contribution is 6.31. The van der Waals surface area contributed by atoms with E-state index in [1.807, 2.05) is 0 Å². The van der Waals surface area contributed by atoms with Crippen LogP contribution in [0.15, 0.2) is 48.5 Å². The quantitative estimate of drug-likeness (QED) is 0.532. The van der Waals surface area contributed by atoms with E-state index in [0.717, 1.165) is 18.2 Å². The Bertz CT molecular complexity index is 936. The molecule has 0 spiro atoms. The van der Waals surface area contributed by atoms with Crippen LogP contribution in [-0.4, -0.2) is 29.7 Å². The Morgan fingerprint density at radius 3 is 2.26 bits per heavy atom. The van der Waals surface area contributed by atoms with E-state index in [2.05, 4.69) is 5.32 Å². The first-order valence-electron chi connectivity index (χ1n) is 9.12. The smallest absolute Gasteiger partial charge is 0.413 e. The van der Waals surface area contributed by atoms with E-state index in [1.165, 1.54) is 0 Å². The van der Waals surface area contributed by atoms with Gasteiger partial charge < -0.3 is 5.11 Å². The molecule has 2 aromatic rings. The zero-order valence-corrected chi connectivity index (χ0v) is 16.5. The maximum absolute atomic E-state index is 13.9. The fraction of sp³-hybridized carbons (Fsp3) is 0.350. The van der Waals surface area contributed by atoms with E-state index < -0.39 is 54.1 Å². The van der Waals surface area contributed by atoms with Gasteiger partial charge in [0.05, 0.1) is 17.5 Å². The topological polar surface area (TPSA) is 52.6 Å². The monoisotopic (exact) mass is 466 g/mol. The number of nitrogens with one attached hydrogen (secondary N) is 1. The number of hydrogen-bond acceptors (Lipinski definition) is 2. The maximum atomic E-state index is 13.9. The van der Waals surface area contributed by atoms with Gasteiger partial charge in [0.2, 0.25) is 0 Å². The van der Waals surface area contributed by atoms with Crippen molar-refractivity contribution in [2.24, 2.45) is 5.92 Å². The lowest BCUT2D eigenvalue weighted by atomic mass is 9.87. The highest BCUT2D eigenvalue weighted by Gasteiger charge is 2.56. The summed E-state index contributed by atoms with van der Waals surface area (Å²) in [5.41, 5.74) is -0.561. The maximum Gasteiger partial charge on any atom is 0.413 e. The van der Waals surface area contributed by atoms with Crippen molar-refractivity contribution in [3.05, 3.63) is 64.7 Å². The van der Waals surface area contributed by atoms with E-state index in [4.69, 9.17) is 11.6 Å². The molecule has 3 rings (SSSR count). The zero-order valence-electron chi connectivity index (χ0n) is 15.7. The van der Waals surface area contributed by atoms with Crippen LogP contribution in [0.3, 0.4) is 0 Å². The molecule has 1 heterocycles. The lowest BCUT2D eigenvalue weighted by Gasteiger charge is -2.35. The molecule has 31 heavy (non-hydrogen) atoms. The summed E-state index contributed by atoms with van der Waals surface area (Å²) >= 11 is 5.87. The highest BCUT2D eigenvalue weighted by atomic mass is 35.5. The molecule has 11 heteroatoms. The molecule has 0 aromatic heterocycles. The van der Waals surface area contributed by atoms with Crippen LogP contribution in [0.5, 0.6) is 0 Å². The van der Waals surface area contributed by atoms with Gasteiger partial charge >= 0.3 is 18.4 Å². The van der Waals surface area contributed by atoms with Crippen molar-refractivity contribution in [1.29, 1.82) is 0 Å². The number of amides is 1. The predicted octanol–water partition coefficient (Wildman–Crippen LogP) is 6.17. The summed E-state index contributed by atoms with van der Waals surface area (Å²) in [6.45, 7) is -0.186. The molecule has 1 aliphatic rings. The van der Waals surface area contributed by atoms with Crippen LogP contribution in [-0.2, 0) is 6.54 Å². The minimum atomic E-state index is -5.10. The summed E-state index contributed by atoms with van der Waals surface area (Å²) in [5, 5.41) is 12.1. The first-order valence-corrected chi connectivity index (χ1v) is 9.49. The Morgan fingerprint density at radius 1 is 1.06 bits per heavy atom. The van der Waals surface area contributed by atoms with Crippen LogP contribution in [0.25, 0.3) is 0 Å². The number of alkyl halides is 6. The van der Waals surface area contributed by atoms with Crippen LogP contribution < -0.4 is 10.2 Å². The van der Waals surface area contributed by atoms with Gasteiger partial charge in [0.15, 0.2) is 0 Å². The van der Waals surface area contributed by atoms with Gasteiger partial charge in [-0.3, -0.25) is 10.2 Å². The first kappa shape index (κ1) is 23.2. The van der Waals surface area contributed by atoms with Gasteiger partial charge in [-0.2, -0.15) is 26.3 Å². The number of halogens is 7. The van der Waals surface area contributed by atoms with Crippen LogP contribution in [0.1, 0.15) is 23.5 Å². The molecule has 0 radical (unpaired) electrons. The number of anilines is 1. The molecule has 0 bridgehead atoms. The molecule has 3 unspecified atom stereocenters. The second-order valence-electron chi connectivity index (χ2n) is 7.15. The first-order chi connectivity index (χ1) is 14.4. The molecule has 2 N–H and O–H groups in total. The van der Waals surface area contributed by atoms with Gasteiger partial charge in [0.1, 0.15) is 6.17 Å². The Morgan fingerprint density at radius 2 is 1.71 bits per heavy atom. The van der Waals surface area contributed by atoms with Gasteiger partial charge in [-0.05, 0) is 29.7 Å². The van der Waals surface area contributed by atoms with Crippen molar-refractivity contribution in [2.45, 2.75) is 37.4 Å². The number of benzene rings is 2. The molecule has 0 fully saturated rings. The lowest BCUT2D eigenvalue weighted by Crippen LogP contribution is -2.56. The normalized spacial score (nSPS) is 22.0. The molecular weight excluding hydrogens is 450 g/mol. The number of carboxylic acid groups (broad SMARTS) is 1. The largest absolute Gasteiger partial charge is 0.465 e. The van der Waals surface area contributed by atoms with E-state index in [1.54, 1.807) is 30.3 Å². The molecule has 3 atom stereocenters. The van der Waals surface area contributed by atoms with Crippen molar-refractivity contribution >= 4 is 23.4 Å². The molecule has 0 saturated carbocycles. The second kappa shape index (κ2) is 8.58. The van der Waals surface area contributed by atoms with Gasteiger partial charge in [0, 0.05) is 11.6 Å². The highest BCUT2D eigenvalue weighted by Crippen LogP contribution is 2.50. The number of rotatable bonds is 3. The fourth-order valence-corrected chi connectivity index (χ4v) is 3.92. The standard InChI is InChI=1S/C20H17ClF6N2O2/c21-12-6-7-13-14(19(22,23)24)9-15(20(25,26)27)17(29(18(30)31)16(13)8-12)28-10-11-4-2-1-3-5-11/h1-8,14-15,17,28H,9-10H2,(H,30,31). The Hall–Kier alpha value is -2.46. The zero-order chi connectivity index (χ0) is 23.0. The molecule has 2 aromatic carbocycles. The molecule has 168 valence electrons.